The van der Waals surface area contributed by atoms with Gasteiger partial charge < -0.3 is 28.6 Å². The van der Waals surface area contributed by atoms with Crippen molar-refractivity contribution in [2.24, 2.45) is 5.92 Å². The molecule has 0 N–H and O–H groups in total. The number of nitrogens with zero attached hydrogens (tertiary/aromatic N) is 4. The van der Waals surface area contributed by atoms with Crippen molar-refractivity contribution in [3.8, 4) is 0 Å². The number of amides is 2. The molecule has 1 spiro atoms. The van der Waals surface area contributed by atoms with E-state index in [0.717, 1.165) is 12.2 Å². The Balaban J connectivity index is 1.31. The van der Waals surface area contributed by atoms with Gasteiger partial charge in [0.05, 0.1) is 32.3 Å². The quantitative estimate of drug-likeness (QED) is 0.690. The lowest BCUT2D eigenvalue weighted by molar-refractivity contribution is -0.185. The van der Waals surface area contributed by atoms with E-state index in [2.05, 4.69) is 9.55 Å². The average molecular weight is 404 g/mol. The summed E-state index contributed by atoms with van der Waals surface area (Å²) in [6.45, 7) is 5.25. The van der Waals surface area contributed by atoms with Crippen LogP contribution in [0.3, 0.4) is 0 Å². The molecule has 2 atom stereocenters. The van der Waals surface area contributed by atoms with Gasteiger partial charge in [0.25, 0.3) is 5.91 Å². The van der Waals surface area contributed by atoms with Crippen LogP contribution in [0.1, 0.15) is 25.1 Å². The van der Waals surface area contributed by atoms with Gasteiger partial charge >= 0.3 is 0 Å². The second-order valence-corrected chi connectivity index (χ2v) is 8.33. The lowest BCUT2D eigenvalue weighted by Crippen LogP contribution is -2.56. The number of imidazole rings is 1. The molecule has 3 fully saturated rings. The average Bonchev–Trinajstić information content (AvgIpc) is 3.46. The van der Waals surface area contributed by atoms with E-state index < -0.39 is 11.7 Å². The maximum Gasteiger partial charge on any atom is 0.253 e. The van der Waals surface area contributed by atoms with Crippen molar-refractivity contribution in [1.82, 2.24) is 19.4 Å². The van der Waals surface area contributed by atoms with Gasteiger partial charge in [-0.05, 0) is 6.42 Å². The van der Waals surface area contributed by atoms with E-state index in [0.29, 0.717) is 72.0 Å². The summed E-state index contributed by atoms with van der Waals surface area (Å²) in [6, 6.07) is 0. The van der Waals surface area contributed by atoms with Gasteiger partial charge in [-0.2, -0.15) is 0 Å². The summed E-state index contributed by atoms with van der Waals surface area (Å²) < 4.78 is 19.3. The number of morpholine rings is 1. The minimum atomic E-state index is -0.614. The number of likely N-dealkylation sites (tertiary alicyclic amines) is 1. The SMILES string of the molecule is O=C(C1CCOC1)N1CCC2(CC1)OC(C(=O)N1CCOCC1)Cn1ccnc12. The topological polar surface area (TPSA) is 86.1 Å². The van der Waals surface area contributed by atoms with Crippen LogP contribution in [-0.2, 0) is 35.9 Å². The fraction of sp³-hybridized carbons (Fsp3) is 0.750. The highest BCUT2D eigenvalue weighted by molar-refractivity contribution is 5.81. The highest BCUT2D eigenvalue weighted by Crippen LogP contribution is 2.40. The smallest absolute Gasteiger partial charge is 0.253 e. The summed E-state index contributed by atoms with van der Waals surface area (Å²) in [5.41, 5.74) is -0.614. The van der Waals surface area contributed by atoms with Crippen molar-refractivity contribution < 1.29 is 23.8 Å². The van der Waals surface area contributed by atoms with Gasteiger partial charge in [-0.1, -0.05) is 0 Å². The van der Waals surface area contributed by atoms with Crippen LogP contribution in [0.25, 0.3) is 0 Å². The second-order valence-electron chi connectivity index (χ2n) is 8.33. The number of carbonyl (C=O) groups is 2. The maximum atomic E-state index is 13.1. The van der Waals surface area contributed by atoms with Crippen LogP contribution in [0.2, 0.25) is 0 Å². The molecule has 2 amide bonds. The molecule has 9 nitrogen and oxygen atoms in total. The largest absolute Gasteiger partial charge is 0.381 e. The maximum absolute atomic E-state index is 13.1. The molecule has 4 aliphatic rings. The third kappa shape index (κ3) is 3.45. The van der Waals surface area contributed by atoms with Crippen molar-refractivity contribution in [3.63, 3.8) is 0 Å². The summed E-state index contributed by atoms with van der Waals surface area (Å²) >= 11 is 0. The molecule has 5 heterocycles. The summed E-state index contributed by atoms with van der Waals surface area (Å²) in [5.74, 6) is 1.06. The molecule has 2 unspecified atom stereocenters. The van der Waals surface area contributed by atoms with Crippen molar-refractivity contribution in [3.05, 3.63) is 18.2 Å². The van der Waals surface area contributed by atoms with Crippen molar-refractivity contribution in [2.75, 3.05) is 52.6 Å². The van der Waals surface area contributed by atoms with Crippen LogP contribution < -0.4 is 0 Å². The van der Waals surface area contributed by atoms with Gasteiger partial charge in [0.1, 0.15) is 11.4 Å². The molecule has 0 saturated carbocycles. The van der Waals surface area contributed by atoms with Gasteiger partial charge in [0.2, 0.25) is 5.91 Å². The molecule has 9 heteroatoms. The molecule has 0 aliphatic carbocycles. The van der Waals surface area contributed by atoms with E-state index in [1.807, 2.05) is 16.0 Å². The highest BCUT2D eigenvalue weighted by atomic mass is 16.5. The fourth-order valence-corrected chi connectivity index (χ4v) is 4.93. The molecule has 0 aromatic carbocycles. The Hall–Kier alpha value is -1.97. The van der Waals surface area contributed by atoms with E-state index in [1.165, 1.54) is 0 Å². The Morgan fingerprint density at radius 1 is 1.00 bits per heavy atom. The molecular formula is C20H28N4O5. The predicted octanol–water partition coefficient (Wildman–Crippen LogP) is -0.00510. The standard InChI is InChI=1S/C20H28N4O5/c25-17(15-1-10-28-14-15)22-5-2-20(3-6-22)19-21-4-7-24(19)13-16(29-20)18(26)23-8-11-27-12-9-23/h4,7,15-16H,1-3,5-6,8-14H2. The first kappa shape index (κ1) is 19.0. The molecule has 158 valence electrons. The number of hydrogen-bond donors (Lipinski definition) is 0. The Kier molecular flexibility index (Phi) is 5.05. The zero-order valence-electron chi connectivity index (χ0n) is 16.6. The number of fused-ring (bicyclic) bond motifs is 2. The molecule has 29 heavy (non-hydrogen) atoms. The number of carbonyl (C=O) groups excluding carboxylic acids is 2. The van der Waals surface area contributed by atoms with Crippen LogP contribution in [-0.4, -0.2) is 89.9 Å². The van der Waals surface area contributed by atoms with Gasteiger partial charge in [0, 0.05) is 58.0 Å². The minimum absolute atomic E-state index is 0.0195. The number of aromatic nitrogens is 2. The normalized spacial score (nSPS) is 29.1. The van der Waals surface area contributed by atoms with Crippen LogP contribution in [0, 0.1) is 5.92 Å². The first-order valence-electron chi connectivity index (χ1n) is 10.6. The first-order chi connectivity index (χ1) is 14.2. The van der Waals surface area contributed by atoms with Crippen molar-refractivity contribution in [1.29, 1.82) is 0 Å². The van der Waals surface area contributed by atoms with Crippen LogP contribution in [0.4, 0.5) is 0 Å². The Morgan fingerprint density at radius 3 is 2.48 bits per heavy atom. The minimum Gasteiger partial charge on any atom is -0.381 e. The number of piperidine rings is 1. The monoisotopic (exact) mass is 404 g/mol. The number of ether oxygens (including phenoxy) is 3. The molecule has 0 bridgehead atoms. The van der Waals surface area contributed by atoms with Gasteiger partial charge in [-0.3, -0.25) is 9.59 Å². The third-order valence-corrected chi connectivity index (χ3v) is 6.61. The van der Waals surface area contributed by atoms with E-state index in [1.54, 1.807) is 6.20 Å². The van der Waals surface area contributed by atoms with Crippen LogP contribution >= 0.6 is 0 Å². The summed E-state index contributed by atoms with van der Waals surface area (Å²) in [5, 5.41) is 0. The van der Waals surface area contributed by atoms with Gasteiger partial charge in [-0.25, -0.2) is 4.98 Å². The molecule has 4 aliphatic heterocycles. The fourth-order valence-electron chi connectivity index (χ4n) is 4.93. The lowest BCUT2D eigenvalue weighted by atomic mass is 9.87. The molecular weight excluding hydrogens is 376 g/mol. The summed E-state index contributed by atoms with van der Waals surface area (Å²) in [4.78, 5) is 34.2. The van der Waals surface area contributed by atoms with E-state index in [9.17, 15) is 9.59 Å². The second kappa shape index (κ2) is 7.70. The lowest BCUT2D eigenvalue weighted by Gasteiger charge is -2.46. The number of rotatable bonds is 2. The molecule has 1 aromatic rings. The Bertz CT molecular complexity index is 761. The highest BCUT2D eigenvalue weighted by Gasteiger charge is 2.48. The third-order valence-electron chi connectivity index (χ3n) is 6.61. The molecule has 5 rings (SSSR count). The molecule has 3 saturated heterocycles. The summed E-state index contributed by atoms with van der Waals surface area (Å²) in [6.07, 6.45) is 5.27. The van der Waals surface area contributed by atoms with Crippen molar-refractivity contribution >= 4 is 11.8 Å². The molecule has 1 aromatic heterocycles. The first-order valence-corrected chi connectivity index (χ1v) is 10.6. The predicted molar refractivity (Wildman–Crippen MR) is 101 cm³/mol. The zero-order chi connectivity index (χ0) is 19.8. The molecule has 0 radical (unpaired) electrons. The van der Waals surface area contributed by atoms with Gasteiger partial charge in [0.15, 0.2) is 6.10 Å². The van der Waals surface area contributed by atoms with E-state index >= 15 is 0 Å². The van der Waals surface area contributed by atoms with E-state index in [4.69, 9.17) is 14.2 Å². The van der Waals surface area contributed by atoms with Crippen molar-refractivity contribution in [2.45, 2.75) is 37.5 Å². The zero-order valence-corrected chi connectivity index (χ0v) is 16.6. The van der Waals surface area contributed by atoms with E-state index in [-0.39, 0.29) is 17.7 Å². The number of hydrogen-bond acceptors (Lipinski definition) is 6. The Morgan fingerprint density at radius 2 is 1.76 bits per heavy atom. The van der Waals surface area contributed by atoms with Crippen LogP contribution in [0.5, 0.6) is 0 Å². The Labute approximate surface area is 169 Å². The summed E-state index contributed by atoms with van der Waals surface area (Å²) in [7, 11) is 0. The van der Waals surface area contributed by atoms with Gasteiger partial charge in [-0.15, -0.1) is 0 Å². The van der Waals surface area contributed by atoms with Crippen LogP contribution in [0.15, 0.2) is 12.4 Å².